The normalized spacial score (nSPS) is 12.9. The SMILES string of the molecule is CCOC(=O)c1sc(C(C)NC(=NC)NCCNC(=O)OC(C)(C)C)nc1C. The molecule has 0 saturated heterocycles. The number of carbonyl (C=O) groups excluding carboxylic acids is 2. The highest BCUT2D eigenvalue weighted by molar-refractivity contribution is 7.13. The zero-order chi connectivity index (χ0) is 21.3. The number of esters is 1. The number of hydrogen-bond donors (Lipinski definition) is 3. The lowest BCUT2D eigenvalue weighted by atomic mass is 10.2. The largest absolute Gasteiger partial charge is 0.462 e. The number of aliphatic imine (C=N–C) groups is 1. The predicted octanol–water partition coefficient (Wildman–Crippen LogP) is 2.38. The molecule has 1 atom stereocenters. The highest BCUT2D eigenvalue weighted by atomic mass is 32.1. The Morgan fingerprint density at radius 2 is 1.89 bits per heavy atom. The summed E-state index contributed by atoms with van der Waals surface area (Å²) in [5.74, 6) is 0.204. The van der Waals surface area contributed by atoms with Crippen molar-refractivity contribution in [2.45, 2.75) is 53.2 Å². The van der Waals surface area contributed by atoms with Crippen molar-refractivity contribution in [3.05, 3.63) is 15.6 Å². The second-order valence-corrected chi connectivity index (χ2v) is 8.01. The quantitative estimate of drug-likeness (QED) is 0.272. The summed E-state index contributed by atoms with van der Waals surface area (Å²) in [5.41, 5.74) is 0.121. The summed E-state index contributed by atoms with van der Waals surface area (Å²) < 4.78 is 10.2. The van der Waals surface area contributed by atoms with Gasteiger partial charge in [0.15, 0.2) is 5.96 Å². The van der Waals surface area contributed by atoms with Crippen molar-refractivity contribution in [3.8, 4) is 0 Å². The lowest BCUT2D eigenvalue weighted by Crippen LogP contribution is -2.43. The molecule has 1 aromatic rings. The molecule has 0 aliphatic heterocycles. The first-order chi connectivity index (χ1) is 13.1. The molecule has 1 unspecified atom stereocenters. The van der Waals surface area contributed by atoms with Crippen molar-refractivity contribution in [1.82, 2.24) is 20.9 Å². The first kappa shape index (κ1) is 23.7. The standard InChI is InChI=1S/C18H31N5O4S/c1-8-26-15(24)13-11(2)22-14(28-13)12(3)23-16(19-7)20-9-10-21-17(25)27-18(4,5)6/h12H,8-10H2,1-7H3,(H,21,25)(H2,19,20,23). The monoisotopic (exact) mass is 413 g/mol. The molecule has 1 amide bonds. The first-order valence-electron chi connectivity index (χ1n) is 9.15. The van der Waals surface area contributed by atoms with Crippen LogP contribution in [-0.2, 0) is 9.47 Å². The van der Waals surface area contributed by atoms with Gasteiger partial charge in [-0.05, 0) is 41.5 Å². The number of nitrogens with one attached hydrogen (secondary N) is 3. The minimum atomic E-state index is -0.529. The molecule has 9 nitrogen and oxygen atoms in total. The zero-order valence-corrected chi connectivity index (χ0v) is 18.5. The third-order valence-corrected chi connectivity index (χ3v) is 4.63. The summed E-state index contributed by atoms with van der Waals surface area (Å²) in [4.78, 5) is 32.7. The molecule has 1 rings (SSSR count). The van der Waals surface area contributed by atoms with E-state index < -0.39 is 11.7 Å². The molecule has 10 heteroatoms. The van der Waals surface area contributed by atoms with Gasteiger partial charge in [-0.25, -0.2) is 14.6 Å². The Kier molecular flexibility index (Phi) is 9.17. The molecule has 0 spiro atoms. The average Bonchev–Trinajstić information content (AvgIpc) is 2.98. The van der Waals surface area contributed by atoms with Gasteiger partial charge in [-0.15, -0.1) is 11.3 Å². The molecule has 0 radical (unpaired) electrons. The number of amides is 1. The van der Waals surface area contributed by atoms with Crippen LogP contribution in [0.4, 0.5) is 4.79 Å². The maximum Gasteiger partial charge on any atom is 0.407 e. The number of nitrogens with zero attached hydrogens (tertiary/aromatic N) is 2. The summed E-state index contributed by atoms with van der Waals surface area (Å²) in [7, 11) is 1.65. The van der Waals surface area contributed by atoms with E-state index in [2.05, 4.69) is 25.9 Å². The number of alkyl carbamates (subject to hydrolysis) is 1. The van der Waals surface area contributed by atoms with Crippen LogP contribution in [0.3, 0.4) is 0 Å². The fourth-order valence-electron chi connectivity index (χ4n) is 2.11. The lowest BCUT2D eigenvalue weighted by Gasteiger charge is -2.20. The Balaban J connectivity index is 2.51. The van der Waals surface area contributed by atoms with Crippen molar-refractivity contribution in [2.75, 3.05) is 26.7 Å². The van der Waals surface area contributed by atoms with Crippen LogP contribution >= 0.6 is 11.3 Å². The summed E-state index contributed by atoms with van der Waals surface area (Å²) in [6.07, 6.45) is -0.463. The highest BCUT2D eigenvalue weighted by Gasteiger charge is 2.20. The lowest BCUT2D eigenvalue weighted by molar-refractivity contribution is 0.0519. The van der Waals surface area contributed by atoms with Crippen LogP contribution in [0.5, 0.6) is 0 Å². The topological polar surface area (TPSA) is 114 Å². The number of thiazole rings is 1. The molecule has 0 bridgehead atoms. The van der Waals surface area contributed by atoms with Crippen LogP contribution in [0.1, 0.15) is 61.0 Å². The Bertz CT molecular complexity index is 697. The number of hydrogen-bond acceptors (Lipinski definition) is 7. The highest BCUT2D eigenvalue weighted by Crippen LogP contribution is 2.24. The molecular formula is C18H31N5O4S. The van der Waals surface area contributed by atoms with Crippen molar-refractivity contribution >= 4 is 29.4 Å². The fraction of sp³-hybridized carbons (Fsp3) is 0.667. The molecule has 0 aliphatic carbocycles. The molecule has 0 aliphatic rings. The Morgan fingerprint density at radius 1 is 1.25 bits per heavy atom. The zero-order valence-electron chi connectivity index (χ0n) is 17.6. The Hall–Kier alpha value is -2.36. The van der Waals surface area contributed by atoms with Gasteiger partial charge in [-0.1, -0.05) is 0 Å². The van der Waals surface area contributed by atoms with Crippen molar-refractivity contribution in [1.29, 1.82) is 0 Å². The molecule has 3 N–H and O–H groups in total. The molecule has 0 fully saturated rings. The maximum atomic E-state index is 11.9. The molecule has 0 saturated carbocycles. The smallest absolute Gasteiger partial charge is 0.407 e. The maximum absolute atomic E-state index is 11.9. The van der Waals surface area contributed by atoms with Crippen molar-refractivity contribution in [2.24, 2.45) is 4.99 Å². The van der Waals surface area contributed by atoms with Gasteiger partial charge in [-0.2, -0.15) is 0 Å². The van der Waals surface area contributed by atoms with Crippen molar-refractivity contribution in [3.63, 3.8) is 0 Å². The van der Waals surface area contributed by atoms with Gasteiger partial charge < -0.3 is 25.4 Å². The van der Waals surface area contributed by atoms with E-state index in [1.165, 1.54) is 11.3 Å². The van der Waals surface area contributed by atoms with E-state index in [9.17, 15) is 9.59 Å². The minimum absolute atomic E-state index is 0.156. The summed E-state index contributed by atoms with van der Waals surface area (Å²) >= 11 is 1.30. The van der Waals surface area contributed by atoms with Gasteiger partial charge in [-0.3, -0.25) is 4.99 Å². The van der Waals surface area contributed by atoms with Crippen molar-refractivity contribution < 1.29 is 19.1 Å². The molecule has 28 heavy (non-hydrogen) atoms. The van der Waals surface area contributed by atoms with Gasteiger partial charge in [0.25, 0.3) is 0 Å². The van der Waals surface area contributed by atoms with E-state index in [0.29, 0.717) is 36.2 Å². The average molecular weight is 414 g/mol. The van der Waals surface area contributed by atoms with Crippen LogP contribution < -0.4 is 16.0 Å². The fourth-order valence-corrected chi connectivity index (χ4v) is 3.07. The van der Waals surface area contributed by atoms with Gasteiger partial charge in [0.05, 0.1) is 18.3 Å². The third kappa shape index (κ3) is 8.12. The van der Waals surface area contributed by atoms with Crippen LogP contribution in [0.25, 0.3) is 0 Å². The minimum Gasteiger partial charge on any atom is -0.462 e. The second kappa shape index (κ2) is 10.8. The third-order valence-electron chi connectivity index (χ3n) is 3.31. The number of guanidine groups is 1. The number of aryl methyl sites for hydroxylation is 1. The van der Waals surface area contributed by atoms with Crippen LogP contribution in [0.15, 0.2) is 4.99 Å². The second-order valence-electron chi connectivity index (χ2n) is 6.98. The van der Waals surface area contributed by atoms with Crippen LogP contribution in [0, 0.1) is 6.92 Å². The first-order valence-corrected chi connectivity index (χ1v) is 9.97. The molecule has 0 aromatic carbocycles. The number of aromatic nitrogens is 1. The van der Waals surface area contributed by atoms with E-state index in [1.807, 2.05) is 27.7 Å². The van der Waals surface area contributed by atoms with E-state index in [-0.39, 0.29) is 12.0 Å². The van der Waals surface area contributed by atoms with E-state index in [4.69, 9.17) is 9.47 Å². The van der Waals surface area contributed by atoms with Gasteiger partial charge in [0, 0.05) is 20.1 Å². The summed E-state index contributed by atoms with van der Waals surface area (Å²) in [6, 6.07) is -0.156. The van der Waals surface area contributed by atoms with Gasteiger partial charge >= 0.3 is 12.1 Å². The molecular weight excluding hydrogens is 382 g/mol. The molecule has 158 valence electrons. The van der Waals surface area contributed by atoms with E-state index >= 15 is 0 Å². The Morgan fingerprint density at radius 3 is 2.46 bits per heavy atom. The van der Waals surface area contributed by atoms with E-state index in [0.717, 1.165) is 5.01 Å². The summed E-state index contributed by atoms with van der Waals surface area (Å²) in [5, 5.41) is 9.75. The number of ether oxygens (including phenoxy) is 2. The Labute approximate surface area is 170 Å². The summed E-state index contributed by atoms with van der Waals surface area (Å²) in [6.45, 7) is 12.1. The predicted molar refractivity (Wildman–Crippen MR) is 110 cm³/mol. The van der Waals surface area contributed by atoms with Gasteiger partial charge in [0.1, 0.15) is 15.5 Å². The number of rotatable bonds is 7. The number of carbonyl (C=O) groups is 2. The molecule has 1 aromatic heterocycles. The molecule has 1 heterocycles. The van der Waals surface area contributed by atoms with Crippen LogP contribution in [0.2, 0.25) is 0 Å². The van der Waals surface area contributed by atoms with Crippen LogP contribution in [-0.4, -0.2) is 55.4 Å². The van der Waals surface area contributed by atoms with E-state index in [1.54, 1.807) is 20.9 Å². The van der Waals surface area contributed by atoms with Gasteiger partial charge in [0.2, 0.25) is 0 Å².